The van der Waals surface area contributed by atoms with Crippen molar-refractivity contribution < 1.29 is 9.53 Å². The first kappa shape index (κ1) is 21.8. The molecule has 0 aliphatic carbocycles. The van der Waals surface area contributed by atoms with Gasteiger partial charge in [-0.2, -0.15) is 0 Å². The zero-order chi connectivity index (χ0) is 21.6. The van der Waals surface area contributed by atoms with E-state index < -0.39 is 0 Å². The molecule has 1 amide bonds. The van der Waals surface area contributed by atoms with Crippen LogP contribution in [0.15, 0.2) is 48.7 Å². The van der Waals surface area contributed by atoms with E-state index in [-0.39, 0.29) is 24.0 Å². The molecule has 0 bridgehead atoms. The van der Waals surface area contributed by atoms with Crippen molar-refractivity contribution in [2.45, 2.75) is 52.0 Å². The highest BCUT2D eigenvalue weighted by Gasteiger charge is 2.26. The summed E-state index contributed by atoms with van der Waals surface area (Å²) in [6.45, 7) is 9.22. The topological polar surface area (TPSA) is 57.7 Å². The van der Waals surface area contributed by atoms with Gasteiger partial charge in [0.1, 0.15) is 5.82 Å². The quantitative estimate of drug-likeness (QED) is 0.775. The third-order valence-electron chi connectivity index (χ3n) is 6.14. The number of amides is 1. The van der Waals surface area contributed by atoms with Crippen LogP contribution < -0.4 is 10.2 Å². The van der Waals surface area contributed by atoms with E-state index in [1.165, 1.54) is 5.56 Å². The molecule has 3 unspecified atom stereocenters. The molecule has 2 aliphatic rings. The van der Waals surface area contributed by atoms with Crippen LogP contribution in [0.4, 0.5) is 5.82 Å². The SMILES string of the molecule is CC1CN(c2ccc(CNC(=O)C3CCCN(Cc4ccccc4)C3)cn2)CC(C)O1. The monoisotopic (exact) mass is 422 g/mol. The molecule has 1 aromatic heterocycles. The van der Waals surface area contributed by atoms with Crippen molar-refractivity contribution in [1.29, 1.82) is 0 Å². The second-order valence-electron chi connectivity index (χ2n) is 8.96. The van der Waals surface area contributed by atoms with E-state index in [2.05, 4.69) is 70.3 Å². The van der Waals surface area contributed by atoms with Crippen molar-refractivity contribution in [3.8, 4) is 0 Å². The Morgan fingerprint density at radius 3 is 2.55 bits per heavy atom. The predicted molar refractivity (Wildman–Crippen MR) is 123 cm³/mol. The number of rotatable bonds is 6. The van der Waals surface area contributed by atoms with E-state index in [0.717, 1.165) is 56.9 Å². The molecule has 0 saturated carbocycles. The van der Waals surface area contributed by atoms with E-state index in [0.29, 0.717) is 6.54 Å². The minimum Gasteiger partial charge on any atom is -0.372 e. The molecule has 3 atom stereocenters. The normalized spacial score (nSPS) is 24.7. The van der Waals surface area contributed by atoms with Crippen LogP contribution in [0, 0.1) is 5.92 Å². The van der Waals surface area contributed by atoms with Gasteiger partial charge < -0.3 is 15.0 Å². The maximum Gasteiger partial charge on any atom is 0.224 e. The summed E-state index contributed by atoms with van der Waals surface area (Å²) < 4.78 is 5.80. The molecule has 6 heteroatoms. The van der Waals surface area contributed by atoms with E-state index in [1.807, 2.05) is 12.3 Å². The van der Waals surface area contributed by atoms with Crippen LogP contribution >= 0.6 is 0 Å². The molecule has 31 heavy (non-hydrogen) atoms. The molecule has 2 aliphatic heterocycles. The molecule has 3 heterocycles. The lowest BCUT2D eigenvalue weighted by molar-refractivity contribution is -0.126. The minimum absolute atomic E-state index is 0.0565. The molecular weight excluding hydrogens is 388 g/mol. The summed E-state index contributed by atoms with van der Waals surface area (Å²) >= 11 is 0. The maximum absolute atomic E-state index is 12.8. The molecule has 4 rings (SSSR count). The van der Waals surface area contributed by atoms with Gasteiger partial charge in [-0.1, -0.05) is 36.4 Å². The van der Waals surface area contributed by atoms with Crippen molar-refractivity contribution in [2.75, 3.05) is 31.1 Å². The molecule has 6 nitrogen and oxygen atoms in total. The highest BCUT2D eigenvalue weighted by Crippen LogP contribution is 2.20. The number of anilines is 1. The number of hydrogen-bond donors (Lipinski definition) is 1. The van der Waals surface area contributed by atoms with Crippen LogP contribution in [0.2, 0.25) is 0 Å². The highest BCUT2D eigenvalue weighted by molar-refractivity contribution is 5.79. The number of nitrogens with one attached hydrogen (secondary N) is 1. The molecule has 0 spiro atoms. The summed E-state index contributed by atoms with van der Waals surface area (Å²) in [4.78, 5) is 22.1. The Hall–Kier alpha value is -2.44. The zero-order valence-corrected chi connectivity index (χ0v) is 18.7. The second kappa shape index (κ2) is 10.2. The number of carbonyl (C=O) groups excluding carboxylic acids is 1. The van der Waals surface area contributed by atoms with E-state index in [9.17, 15) is 4.79 Å². The molecule has 166 valence electrons. The summed E-state index contributed by atoms with van der Waals surface area (Å²) in [5, 5.41) is 3.13. The third-order valence-corrected chi connectivity index (χ3v) is 6.14. The smallest absolute Gasteiger partial charge is 0.224 e. The van der Waals surface area contributed by atoms with Gasteiger partial charge in [-0.05, 0) is 50.4 Å². The largest absolute Gasteiger partial charge is 0.372 e. The lowest BCUT2D eigenvalue weighted by Gasteiger charge is -2.36. The Labute approximate surface area is 185 Å². The van der Waals surface area contributed by atoms with Crippen molar-refractivity contribution in [3.05, 3.63) is 59.8 Å². The third kappa shape index (κ3) is 6.05. The number of nitrogens with zero attached hydrogens (tertiary/aromatic N) is 3. The van der Waals surface area contributed by atoms with Crippen molar-refractivity contribution >= 4 is 11.7 Å². The van der Waals surface area contributed by atoms with Gasteiger partial charge in [0.2, 0.25) is 5.91 Å². The van der Waals surface area contributed by atoms with Gasteiger partial charge in [0.25, 0.3) is 0 Å². The molecular formula is C25H34N4O2. The number of pyridine rings is 1. The van der Waals surface area contributed by atoms with E-state index in [1.54, 1.807) is 0 Å². The molecule has 1 aromatic carbocycles. The number of benzene rings is 1. The fourth-order valence-corrected chi connectivity index (χ4v) is 4.66. The molecule has 2 fully saturated rings. The van der Waals surface area contributed by atoms with Gasteiger partial charge in [-0.25, -0.2) is 4.98 Å². The average Bonchev–Trinajstić information content (AvgIpc) is 2.78. The molecule has 0 radical (unpaired) electrons. The maximum atomic E-state index is 12.8. The van der Waals surface area contributed by atoms with Crippen LogP contribution in [-0.2, 0) is 22.6 Å². The van der Waals surface area contributed by atoms with Gasteiger partial charge in [0, 0.05) is 38.9 Å². The number of likely N-dealkylation sites (tertiary alicyclic amines) is 1. The Bertz CT molecular complexity index is 832. The van der Waals surface area contributed by atoms with Gasteiger partial charge in [-0.3, -0.25) is 9.69 Å². The molecule has 1 N–H and O–H groups in total. The first-order valence-electron chi connectivity index (χ1n) is 11.5. The zero-order valence-electron chi connectivity index (χ0n) is 18.7. The number of aromatic nitrogens is 1. The van der Waals surface area contributed by atoms with E-state index >= 15 is 0 Å². The molecule has 2 saturated heterocycles. The lowest BCUT2D eigenvalue weighted by Crippen LogP contribution is -2.45. The number of hydrogen-bond acceptors (Lipinski definition) is 5. The lowest BCUT2D eigenvalue weighted by atomic mass is 9.96. The van der Waals surface area contributed by atoms with Crippen LogP contribution in [0.25, 0.3) is 0 Å². The van der Waals surface area contributed by atoms with Crippen LogP contribution in [0.1, 0.15) is 37.8 Å². The Balaban J connectivity index is 1.26. The van der Waals surface area contributed by atoms with Crippen molar-refractivity contribution in [3.63, 3.8) is 0 Å². The summed E-state index contributed by atoms with van der Waals surface area (Å²) in [5.41, 5.74) is 2.34. The fourth-order valence-electron chi connectivity index (χ4n) is 4.66. The average molecular weight is 423 g/mol. The molecule has 2 aromatic rings. The van der Waals surface area contributed by atoms with Gasteiger partial charge >= 0.3 is 0 Å². The Morgan fingerprint density at radius 1 is 1.06 bits per heavy atom. The number of morpholine rings is 1. The summed E-state index contributed by atoms with van der Waals surface area (Å²) in [5.74, 6) is 1.18. The number of piperidine rings is 1. The minimum atomic E-state index is 0.0565. The van der Waals surface area contributed by atoms with Gasteiger partial charge in [0.15, 0.2) is 0 Å². The van der Waals surface area contributed by atoms with E-state index in [4.69, 9.17) is 4.74 Å². The second-order valence-corrected chi connectivity index (χ2v) is 8.96. The van der Waals surface area contributed by atoms with Gasteiger partial charge in [-0.15, -0.1) is 0 Å². The number of carbonyl (C=O) groups is 1. The summed E-state index contributed by atoms with van der Waals surface area (Å²) in [7, 11) is 0. The Morgan fingerprint density at radius 2 is 1.84 bits per heavy atom. The van der Waals surface area contributed by atoms with Crippen molar-refractivity contribution in [2.24, 2.45) is 5.92 Å². The predicted octanol–water partition coefficient (Wildman–Crippen LogP) is 3.22. The summed E-state index contributed by atoms with van der Waals surface area (Å²) in [6, 6.07) is 14.6. The number of ether oxygens (including phenoxy) is 1. The first-order chi connectivity index (χ1) is 15.1. The first-order valence-corrected chi connectivity index (χ1v) is 11.5. The Kier molecular flexibility index (Phi) is 7.20. The van der Waals surface area contributed by atoms with Crippen LogP contribution in [0.3, 0.4) is 0 Å². The highest BCUT2D eigenvalue weighted by atomic mass is 16.5. The van der Waals surface area contributed by atoms with Crippen LogP contribution in [0.5, 0.6) is 0 Å². The standard InChI is InChI=1S/C25H34N4O2/c1-19-15-29(16-20(2)31-19)24-11-10-22(13-26-24)14-27-25(30)23-9-6-12-28(18-23)17-21-7-4-3-5-8-21/h3-5,7-8,10-11,13,19-20,23H,6,9,12,14-18H2,1-2H3,(H,27,30). The van der Waals surface area contributed by atoms with Crippen molar-refractivity contribution in [1.82, 2.24) is 15.2 Å². The van der Waals surface area contributed by atoms with Gasteiger partial charge in [0.05, 0.1) is 18.1 Å². The fraction of sp³-hybridized carbons (Fsp3) is 0.520. The summed E-state index contributed by atoms with van der Waals surface area (Å²) in [6.07, 6.45) is 4.32. The van der Waals surface area contributed by atoms with Crippen LogP contribution in [-0.4, -0.2) is 54.2 Å².